The smallest absolute Gasteiger partial charge is 0.226 e. The monoisotopic (exact) mass is 188 g/mol. The normalized spacial score (nSPS) is 31.6. The van der Waals surface area contributed by atoms with E-state index in [9.17, 15) is 9.59 Å². The maximum Gasteiger partial charge on any atom is 0.226 e. The molecular formula is C8H12O5. The molecule has 1 N–H and O–H groups in total. The van der Waals surface area contributed by atoms with Crippen LogP contribution in [0.15, 0.2) is 0 Å². The largest absolute Gasteiger partial charge is 0.394 e. The van der Waals surface area contributed by atoms with Crippen molar-refractivity contribution >= 4 is 12.1 Å². The average molecular weight is 188 g/mol. The van der Waals surface area contributed by atoms with E-state index in [2.05, 4.69) is 0 Å². The Morgan fingerprint density at radius 2 is 2.15 bits per heavy atom. The summed E-state index contributed by atoms with van der Waals surface area (Å²) < 4.78 is 10.3. The number of rotatable bonds is 3. The van der Waals surface area contributed by atoms with Crippen LogP contribution in [0.4, 0.5) is 0 Å². The third-order valence-electron chi connectivity index (χ3n) is 1.76. The Balaban J connectivity index is 2.74. The molecule has 74 valence electrons. The second kappa shape index (κ2) is 3.53. The lowest BCUT2D eigenvalue weighted by atomic mass is 10.1. The summed E-state index contributed by atoms with van der Waals surface area (Å²) in [6.45, 7) is 2.90. The fraction of sp³-hybridized carbons (Fsp3) is 0.750. The van der Waals surface area contributed by atoms with Gasteiger partial charge in [-0.3, -0.25) is 9.59 Å². The predicted molar refractivity (Wildman–Crippen MR) is 42.0 cm³/mol. The molecule has 2 unspecified atom stereocenters. The Hall–Kier alpha value is -0.780. The van der Waals surface area contributed by atoms with Gasteiger partial charge >= 0.3 is 0 Å². The number of carbonyl (C=O) groups excluding carboxylic acids is 2. The van der Waals surface area contributed by atoms with Crippen molar-refractivity contribution in [3.05, 3.63) is 0 Å². The van der Waals surface area contributed by atoms with Crippen LogP contribution in [0.2, 0.25) is 0 Å². The summed E-state index contributed by atoms with van der Waals surface area (Å²) in [5.74, 6) is -1.62. The van der Waals surface area contributed by atoms with E-state index in [4.69, 9.17) is 14.6 Å². The fourth-order valence-electron chi connectivity index (χ4n) is 1.28. The molecule has 0 radical (unpaired) electrons. The third kappa shape index (κ3) is 2.12. The molecule has 0 saturated carbocycles. The molecule has 1 aliphatic heterocycles. The van der Waals surface area contributed by atoms with E-state index >= 15 is 0 Å². The minimum absolute atomic E-state index is 0.179. The highest BCUT2D eigenvalue weighted by molar-refractivity contribution is 6.27. The highest BCUT2D eigenvalue weighted by Gasteiger charge is 2.44. The zero-order valence-corrected chi connectivity index (χ0v) is 7.52. The van der Waals surface area contributed by atoms with Crippen LogP contribution in [0.25, 0.3) is 0 Å². The van der Waals surface area contributed by atoms with Crippen molar-refractivity contribution in [2.45, 2.75) is 31.8 Å². The number of aldehydes is 1. The van der Waals surface area contributed by atoms with E-state index in [0.29, 0.717) is 0 Å². The van der Waals surface area contributed by atoms with E-state index < -0.39 is 23.8 Å². The van der Waals surface area contributed by atoms with Gasteiger partial charge in [-0.2, -0.15) is 0 Å². The summed E-state index contributed by atoms with van der Waals surface area (Å²) in [6.07, 6.45) is -1.54. The van der Waals surface area contributed by atoms with Gasteiger partial charge in [-0.1, -0.05) is 0 Å². The summed E-state index contributed by atoms with van der Waals surface area (Å²) in [7, 11) is 0. The number of aliphatic hydroxyl groups excluding tert-OH is 1. The van der Waals surface area contributed by atoms with E-state index in [1.165, 1.54) is 0 Å². The molecule has 0 spiro atoms. The van der Waals surface area contributed by atoms with Crippen molar-refractivity contribution in [3.8, 4) is 0 Å². The zero-order valence-electron chi connectivity index (χ0n) is 7.52. The first-order valence-electron chi connectivity index (χ1n) is 3.95. The van der Waals surface area contributed by atoms with Crippen LogP contribution < -0.4 is 0 Å². The number of hydrogen-bond donors (Lipinski definition) is 1. The maximum absolute atomic E-state index is 11.0. The lowest BCUT2D eigenvalue weighted by Gasteiger charge is -2.15. The molecule has 5 nitrogen and oxygen atoms in total. The number of ether oxygens (including phenoxy) is 2. The van der Waals surface area contributed by atoms with Crippen LogP contribution in [0.5, 0.6) is 0 Å². The van der Waals surface area contributed by atoms with Gasteiger partial charge in [0.15, 0.2) is 18.2 Å². The van der Waals surface area contributed by atoms with Crippen LogP contribution in [0.3, 0.4) is 0 Å². The summed E-state index contributed by atoms with van der Waals surface area (Å²) in [5.41, 5.74) is 0. The second-order valence-corrected chi connectivity index (χ2v) is 3.30. The number of aliphatic hydroxyl groups is 1. The molecule has 0 aromatic heterocycles. The maximum atomic E-state index is 11.0. The van der Waals surface area contributed by atoms with Gasteiger partial charge in [-0.15, -0.1) is 0 Å². The van der Waals surface area contributed by atoms with Crippen LogP contribution in [-0.2, 0) is 19.1 Å². The molecule has 5 heteroatoms. The average Bonchev–Trinajstić information content (AvgIpc) is 2.39. The van der Waals surface area contributed by atoms with Crippen LogP contribution >= 0.6 is 0 Å². The topological polar surface area (TPSA) is 72.8 Å². The summed E-state index contributed by atoms with van der Waals surface area (Å²) >= 11 is 0. The molecule has 1 saturated heterocycles. The van der Waals surface area contributed by atoms with Crippen molar-refractivity contribution in [2.24, 2.45) is 0 Å². The van der Waals surface area contributed by atoms with Gasteiger partial charge in [0.05, 0.1) is 6.61 Å². The number of ketones is 1. The summed E-state index contributed by atoms with van der Waals surface area (Å²) in [5, 5.41) is 8.84. The molecule has 1 aliphatic rings. The molecule has 1 rings (SSSR count). The van der Waals surface area contributed by atoms with Gasteiger partial charge < -0.3 is 14.6 Å². The van der Waals surface area contributed by atoms with E-state index in [1.54, 1.807) is 13.8 Å². The SMILES string of the molecule is CC1(C)OC(CO)C(C(=O)C=O)O1. The molecule has 1 fully saturated rings. The van der Waals surface area contributed by atoms with Gasteiger partial charge in [-0.05, 0) is 13.8 Å². The van der Waals surface area contributed by atoms with Gasteiger partial charge in [0.25, 0.3) is 0 Å². The molecule has 13 heavy (non-hydrogen) atoms. The number of hydrogen-bond acceptors (Lipinski definition) is 5. The Labute approximate surface area is 75.6 Å². The van der Waals surface area contributed by atoms with Crippen molar-refractivity contribution in [1.29, 1.82) is 0 Å². The van der Waals surface area contributed by atoms with Gasteiger partial charge in [0.1, 0.15) is 6.10 Å². The summed E-state index contributed by atoms with van der Waals surface area (Å²) in [6, 6.07) is 0. The van der Waals surface area contributed by atoms with E-state index in [-0.39, 0.29) is 12.9 Å². The lowest BCUT2D eigenvalue weighted by molar-refractivity contribution is -0.156. The predicted octanol–water partition coefficient (Wildman–Crippen LogP) is -0.733. The number of Topliss-reactive ketones (excluding diaryl/α,β-unsaturated/α-hetero) is 1. The molecule has 2 atom stereocenters. The molecule has 0 amide bonds. The highest BCUT2D eigenvalue weighted by atomic mass is 16.8. The van der Waals surface area contributed by atoms with Crippen LogP contribution in [0, 0.1) is 0 Å². The zero-order chi connectivity index (χ0) is 10.1. The number of carbonyl (C=O) groups is 2. The lowest BCUT2D eigenvalue weighted by Crippen LogP contribution is -2.34. The standard InChI is InChI=1S/C8H12O5/c1-8(2)12-6(4-10)7(13-8)5(11)3-9/h3,6-7,10H,4H2,1-2H3. The van der Waals surface area contributed by atoms with Crippen molar-refractivity contribution in [3.63, 3.8) is 0 Å². The Bertz CT molecular complexity index is 223. The van der Waals surface area contributed by atoms with Crippen molar-refractivity contribution in [2.75, 3.05) is 6.61 Å². The van der Waals surface area contributed by atoms with Gasteiger partial charge in [0.2, 0.25) is 5.78 Å². The molecule has 0 aromatic rings. The molecular weight excluding hydrogens is 176 g/mol. The fourth-order valence-corrected chi connectivity index (χ4v) is 1.28. The third-order valence-corrected chi connectivity index (χ3v) is 1.76. The molecule has 0 aliphatic carbocycles. The second-order valence-electron chi connectivity index (χ2n) is 3.30. The molecule has 1 heterocycles. The van der Waals surface area contributed by atoms with E-state index in [0.717, 1.165) is 0 Å². The van der Waals surface area contributed by atoms with E-state index in [1.807, 2.05) is 0 Å². The summed E-state index contributed by atoms with van der Waals surface area (Å²) in [4.78, 5) is 21.2. The van der Waals surface area contributed by atoms with Crippen molar-refractivity contribution < 1.29 is 24.2 Å². The van der Waals surface area contributed by atoms with Crippen molar-refractivity contribution in [1.82, 2.24) is 0 Å². The Kier molecular flexibility index (Phi) is 2.80. The first-order valence-corrected chi connectivity index (χ1v) is 3.95. The molecule has 0 aromatic carbocycles. The molecule has 0 bridgehead atoms. The van der Waals surface area contributed by atoms with Gasteiger partial charge in [0, 0.05) is 0 Å². The first kappa shape index (κ1) is 10.3. The first-order chi connectivity index (χ1) is 6.00. The van der Waals surface area contributed by atoms with Gasteiger partial charge in [-0.25, -0.2) is 0 Å². The Morgan fingerprint density at radius 3 is 2.62 bits per heavy atom. The van der Waals surface area contributed by atoms with Crippen LogP contribution in [0.1, 0.15) is 13.8 Å². The van der Waals surface area contributed by atoms with Crippen LogP contribution in [-0.4, -0.2) is 41.8 Å². The minimum atomic E-state index is -0.975. The minimum Gasteiger partial charge on any atom is -0.394 e. The quantitative estimate of drug-likeness (QED) is 0.466. The highest BCUT2D eigenvalue weighted by Crippen LogP contribution is 2.27. The Morgan fingerprint density at radius 1 is 1.54 bits per heavy atom.